The van der Waals surface area contributed by atoms with Crippen LogP contribution >= 0.6 is 170 Å². The molecule has 0 heterocycles. The van der Waals surface area contributed by atoms with Gasteiger partial charge in [0.25, 0.3) is 6.02 Å². The molecule has 3 aliphatic carbocycles. The molecule has 0 bridgehead atoms. The van der Waals surface area contributed by atoms with E-state index in [-0.39, 0.29) is 10.0 Å². The van der Waals surface area contributed by atoms with E-state index in [2.05, 4.69) is 204 Å². The minimum absolute atomic E-state index is 0.0216. The van der Waals surface area contributed by atoms with Crippen molar-refractivity contribution in [2.75, 3.05) is 24.2 Å². The van der Waals surface area contributed by atoms with Crippen molar-refractivity contribution >= 4 is 176 Å². The topological polar surface area (TPSA) is 61.3 Å². The number of rotatable bonds is 14. The summed E-state index contributed by atoms with van der Waals surface area (Å²) in [5, 5.41) is 3.62. The lowest BCUT2D eigenvalue weighted by Crippen LogP contribution is -2.38. The lowest BCUT2D eigenvalue weighted by molar-refractivity contribution is 0.104. The van der Waals surface area contributed by atoms with Gasteiger partial charge in [-0.1, -0.05) is 86.8 Å². The second-order valence-electron chi connectivity index (χ2n) is 15.0. The molecule has 0 saturated heterocycles. The van der Waals surface area contributed by atoms with E-state index in [1.165, 1.54) is 69.6 Å². The standard InChI is InChI=1S/C30H39ClI2N2O3.C15H12I4O.C2H4Cl2/c1-21(37-30(34-23-8-4-2-5-9-23)35-24-10-6-3-7-11-24)18-22-12-14-29(26(32)19-22)38-25-13-15-28(27(33)20-25)36-17-16-31;1-3-9-4-13(18)15(14(19)5-9)20-10-6-11(16)8(2)12(17)7-10;3-1-2-4/h12-15,19-20,23-24,27-28H,1-11,16-18H2,(H,34,35);4-7H,3H2,1-2H3;1-2H2. The average molecular weight is 1580 g/mol. The molecule has 0 aromatic heterocycles. The maximum absolute atomic E-state index is 6.27. The van der Waals surface area contributed by atoms with Crippen molar-refractivity contribution in [2.45, 2.75) is 113 Å². The molecule has 0 radical (unpaired) electrons. The fourth-order valence-electron chi connectivity index (χ4n) is 6.87. The van der Waals surface area contributed by atoms with Gasteiger partial charge < -0.3 is 24.3 Å². The van der Waals surface area contributed by atoms with E-state index in [1.807, 2.05) is 18.2 Å². The minimum atomic E-state index is 0.0216. The molecule has 1 N–H and O–H groups in total. The van der Waals surface area contributed by atoms with Gasteiger partial charge in [-0.25, -0.2) is 4.99 Å². The Labute approximate surface area is 466 Å². The summed E-state index contributed by atoms with van der Waals surface area (Å²) >= 11 is 30.0. The zero-order valence-electron chi connectivity index (χ0n) is 35.1. The maximum Gasteiger partial charge on any atom is 0.290 e. The predicted molar refractivity (Wildman–Crippen MR) is 313 cm³/mol. The van der Waals surface area contributed by atoms with Crippen LogP contribution in [0.15, 0.2) is 83.8 Å². The first-order valence-corrected chi connectivity index (χ1v) is 29.2. The molecule has 2 atom stereocenters. The number of hydrogen-bond acceptors (Lipinski definition) is 5. The number of aliphatic imine (C=N–C) groups is 1. The van der Waals surface area contributed by atoms with Crippen LogP contribution in [0.5, 0.6) is 17.2 Å². The molecule has 15 heteroatoms. The van der Waals surface area contributed by atoms with Crippen LogP contribution in [0.4, 0.5) is 0 Å². The van der Waals surface area contributed by atoms with Crippen molar-refractivity contribution in [3.05, 3.63) is 113 Å². The summed E-state index contributed by atoms with van der Waals surface area (Å²) in [6.45, 7) is 9.09. The highest BCUT2D eigenvalue weighted by atomic mass is 127. The lowest BCUT2D eigenvalue weighted by atomic mass is 9.95. The molecule has 6 nitrogen and oxygen atoms in total. The van der Waals surface area contributed by atoms with Crippen molar-refractivity contribution in [3.8, 4) is 17.2 Å². The van der Waals surface area contributed by atoms with Crippen LogP contribution in [0.1, 0.15) is 87.8 Å². The monoisotopic (exact) mass is 1580 g/mol. The lowest BCUT2D eigenvalue weighted by Gasteiger charge is -2.26. The number of amidine groups is 1. The van der Waals surface area contributed by atoms with Crippen LogP contribution in [0.3, 0.4) is 0 Å². The molecule has 6 rings (SSSR count). The largest absolute Gasteiger partial charge is 0.457 e. The fraction of sp³-hybridized carbons (Fsp3) is 0.468. The molecule has 2 fully saturated rings. The Morgan fingerprint density at radius 1 is 0.774 bits per heavy atom. The fourth-order valence-corrected chi connectivity index (χ4v) is 12.3. The molecule has 3 aromatic rings. The predicted octanol–water partition coefficient (Wildman–Crippen LogP) is 16.5. The van der Waals surface area contributed by atoms with Gasteiger partial charge in [0.2, 0.25) is 0 Å². The summed E-state index contributed by atoms with van der Waals surface area (Å²) in [6, 6.07) is 16.3. The van der Waals surface area contributed by atoms with Crippen molar-refractivity contribution in [1.29, 1.82) is 0 Å². The number of nitrogens with one attached hydrogen (secondary N) is 1. The van der Waals surface area contributed by atoms with Crippen LogP contribution in [0.2, 0.25) is 0 Å². The van der Waals surface area contributed by atoms with Gasteiger partial charge in [-0.05, 0) is 217 Å². The molecule has 0 amide bonds. The maximum atomic E-state index is 6.27. The Morgan fingerprint density at radius 3 is 1.95 bits per heavy atom. The van der Waals surface area contributed by atoms with E-state index >= 15 is 0 Å². The van der Waals surface area contributed by atoms with Crippen molar-refractivity contribution in [2.24, 2.45) is 4.99 Å². The van der Waals surface area contributed by atoms with Gasteiger partial charge in [0.05, 0.1) is 33.4 Å². The number of aryl methyl sites for hydroxylation is 1. The molecular formula is C47H55Cl3I6N2O4. The SMILES string of the molecule is C=C(Cc1ccc(OC2=CC(I)C(OCCCl)C=C2)c(I)c1)OC(=NC1CCCCC1)NC1CCCCC1.CCc1cc(I)c(Oc2cc(I)c(C)c(I)c2)c(I)c1.ClCCCl. The van der Waals surface area contributed by atoms with E-state index < -0.39 is 0 Å². The molecule has 0 spiro atoms. The van der Waals surface area contributed by atoms with Crippen molar-refractivity contribution in [1.82, 2.24) is 5.32 Å². The summed E-state index contributed by atoms with van der Waals surface area (Å²) in [5.74, 6) is 5.84. The van der Waals surface area contributed by atoms with Crippen LogP contribution in [0, 0.1) is 24.8 Å². The Hall–Kier alpha value is 0.960. The Bertz CT molecular complexity index is 1940. The summed E-state index contributed by atoms with van der Waals surface area (Å²) < 4.78 is 30.4. The Morgan fingerprint density at radius 2 is 1.39 bits per heavy atom. The van der Waals surface area contributed by atoms with Crippen molar-refractivity contribution in [3.63, 3.8) is 0 Å². The first kappa shape index (κ1) is 55.6. The third kappa shape index (κ3) is 19.5. The summed E-state index contributed by atoms with van der Waals surface area (Å²) in [5.41, 5.74) is 3.79. The molecular weight excluding hydrogens is 1520 g/mol. The van der Waals surface area contributed by atoms with Gasteiger partial charge in [0.15, 0.2) is 5.75 Å². The summed E-state index contributed by atoms with van der Waals surface area (Å²) in [7, 11) is 0. The number of nitrogens with zero attached hydrogens (tertiary/aromatic N) is 1. The summed E-state index contributed by atoms with van der Waals surface area (Å²) in [4.78, 5) is 5.01. The molecule has 340 valence electrons. The quantitative estimate of drug-likeness (QED) is 0.0573. The number of hydrogen-bond donors (Lipinski definition) is 1. The Balaban J connectivity index is 0.000000294. The molecule has 3 aliphatic rings. The van der Waals surface area contributed by atoms with E-state index in [9.17, 15) is 0 Å². The van der Waals surface area contributed by atoms with Crippen LogP contribution in [0.25, 0.3) is 0 Å². The minimum Gasteiger partial charge on any atom is -0.457 e. The number of allylic oxidation sites excluding steroid dienone is 2. The first-order chi connectivity index (χ1) is 29.8. The van der Waals surface area contributed by atoms with Crippen molar-refractivity contribution < 1.29 is 18.9 Å². The summed E-state index contributed by atoms with van der Waals surface area (Å²) in [6.07, 6.45) is 20.2. The number of ether oxygens (including phenoxy) is 4. The van der Waals surface area contributed by atoms with Gasteiger partial charge in [0.1, 0.15) is 23.0 Å². The zero-order chi connectivity index (χ0) is 45.0. The third-order valence-corrected chi connectivity index (χ3v) is 16.6. The Kier molecular flexibility index (Phi) is 27.3. The van der Waals surface area contributed by atoms with E-state index in [1.54, 1.807) is 0 Å². The van der Waals surface area contributed by atoms with Gasteiger partial charge >= 0.3 is 0 Å². The van der Waals surface area contributed by atoms with Crippen LogP contribution < -0.4 is 14.8 Å². The smallest absolute Gasteiger partial charge is 0.290 e. The van der Waals surface area contributed by atoms with Gasteiger partial charge in [-0.2, -0.15) is 0 Å². The highest BCUT2D eigenvalue weighted by Crippen LogP contribution is 2.35. The second-order valence-corrected chi connectivity index (χ2v) is 23.4. The highest BCUT2D eigenvalue weighted by molar-refractivity contribution is 14.1. The second kappa shape index (κ2) is 30.4. The third-order valence-electron chi connectivity index (χ3n) is 10.2. The number of alkyl halides is 4. The van der Waals surface area contributed by atoms with E-state index in [0.717, 1.165) is 58.5 Å². The molecule has 62 heavy (non-hydrogen) atoms. The highest BCUT2D eigenvalue weighted by Gasteiger charge is 2.22. The molecule has 0 aliphatic heterocycles. The molecule has 3 aromatic carbocycles. The van der Waals surface area contributed by atoms with E-state index in [0.29, 0.717) is 54.5 Å². The zero-order valence-corrected chi connectivity index (χ0v) is 50.3. The molecule has 2 unspecified atom stereocenters. The average Bonchev–Trinajstić information content (AvgIpc) is 3.25. The molecule has 2 saturated carbocycles. The van der Waals surface area contributed by atoms with Gasteiger partial charge in [-0.3, -0.25) is 0 Å². The van der Waals surface area contributed by atoms with E-state index in [4.69, 9.17) is 58.7 Å². The van der Waals surface area contributed by atoms with Crippen LogP contribution in [-0.2, 0) is 22.3 Å². The first-order valence-electron chi connectivity index (χ1n) is 20.9. The normalized spacial score (nSPS) is 18.1. The number of benzene rings is 3. The van der Waals surface area contributed by atoms with Crippen LogP contribution in [-0.4, -0.2) is 52.4 Å². The number of halogens is 9. The van der Waals surface area contributed by atoms with Gasteiger partial charge in [-0.15, -0.1) is 34.8 Å². The van der Waals surface area contributed by atoms with Gasteiger partial charge in [0, 0.05) is 37.2 Å².